The standard InChI is InChI=1S/C37H44N4O3/c1-3-11-28-18-22-40(23-19-28)36(44)39-33(25-30-16-17-31-14-8-9-15-32(31)24-30)34(42)41-21-10-20-37(27-41,35(43)38-4-2)26-29-12-6-5-7-13-29/h5-9,12-17,24,28,33H,4,10,18-23,25-27H2,1-2H3,(H,38,43)(H,39,44)/t33-,37+/m1/s1. The Bertz CT molecular complexity index is 1520. The second-order valence-corrected chi connectivity index (χ2v) is 12.2. The summed E-state index contributed by atoms with van der Waals surface area (Å²) in [6.07, 6.45) is 4.01. The van der Waals surface area contributed by atoms with Crippen molar-refractivity contribution in [1.29, 1.82) is 0 Å². The minimum Gasteiger partial charge on any atom is -0.356 e. The molecule has 7 heteroatoms. The molecule has 5 rings (SSSR count). The highest BCUT2D eigenvalue weighted by molar-refractivity contribution is 5.90. The molecule has 0 radical (unpaired) electrons. The Morgan fingerprint density at radius 2 is 1.64 bits per heavy atom. The Labute approximate surface area is 261 Å². The number of rotatable bonds is 8. The summed E-state index contributed by atoms with van der Waals surface area (Å²) in [6.45, 7) is 6.41. The number of fused-ring (bicyclic) bond motifs is 1. The molecular formula is C37H44N4O3. The second kappa shape index (κ2) is 14.4. The molecule has 0 unspecified atom stereocenters. The molecule has 2 aliphatic heterocycles. The van der Waals surface area contributed by atoms with E-state index in [0.29, 0.717) is 57.9 Å². The van der Waals surface area contributed by atoms with Gasteiger partial charge in [-0.15, -0.1) is 11.8 Å². The molecule has 7 nitrogen and oxygen atoms in total. The third-order valence-electron chi connectivity index (χ3n) is 9.07. The van der Waals surface area contributed by atoms with Crippen LogP contribution in [0.15, 0.2) is 72.8 Å². The average molecular weight is 593 g/mol. The van der Waals surface area contributed by atoms with E-state index in [2.05, 4.69) is 46.7 Å². The van der Waals surface area contributed by atoms with E-state index in [-0.39, 0.29) is 17.8 Å². The summed E-state index contributed by atoms with van der Waals surface area (Å²) in [5.41, 5.74) is 1.33. The van der Waals surface area contributed by atoms with Gasteiger partial charge in [0.05, 0.1) is 5.41 Å². The van der Waals surface area contributed by atoms with Crippen LogP contribution >= 0.6 is 0 Å². The number of carbonyl (C=O) groups excluding carboxylic acids is 3. The predicted octanol–water partition coefficient (Wildman–Crippen LogP) is 5.18. The van der Waals surface area contributed by atoms with Crippen molar-refractivity contribution < 1.29 is 14.4 Å². The molecule has 2 heterocycles. The maximum atomic E-state index is 14.4. The molecule has 0 saturated carbocycles. The van der Waals surface area contributed by atoms with E-state index >= 15 is 0 Å². The van der Waals surface area contributed by atoms with Gasteiger partial charge in [-0.3, -0.25) is 9.59 Å². The van der Waals surface area contributed by atoms with Crippen LogP contribution in [0.5, 0.6) is 0 Å². The van der Waals surface area contributed by atoms with Gasteiger partial charge in [-0.1, -0.05) is 72.8 Å². The molecule has 2 fully saturated rings. The molecule has 2 aliphatic rings. The zero-order chi connectivity index (χ0) is 30.9. The van der Waals surface area contributed by atoms with Gasteiger partial charge in [0, 0.05) is 45.1 Å². The summed E-state index contributed by atoms with van der Waals surface area (Å²) in [6, 6.07) is 23.4. The topological polar surface area (TPSA) is 81.8 Å². The molecule has 230 valence electrons. The van der Waals surface area contributed by atoms with Crippen molar-refractivity contribution in [3.05, 3.63) is 83.9 Å². The number of urea groups is 1. The Hall–Kier alpha value is -4.31. The van der Waals surface area contributed by atoms with E-state index in [4.69, 9.17) is 0 Å². The van der Waals surface area contributed by atoms with Gasteiger partial charge in [-0.05, 0) is 67.9 Å². The Morgan fingerprint density at radius 3 is 2.36 bits per heavy atom. The van der Waals surface area contributed by atoms with Crippen molar-refractivity contribution in [2.45, 2.75) is 58.4 Å². The first kappa shape index (κ1) is 31.1. The molecule has 4 amide bonds. The van der Waals surface area contributed by atoms with Gasteiger partial charge in [-0.2, -0.15) is 0 Å². The highest BCUT2D eigenvalue weighted by Gasteiger charge is 2.44. The maximum absolute atomic E-state index is 14.4. The van der Waals surface area contributed by atoms with Crippen LogP contribution in [0.2, 0.25) is 0 Å². The molecule has 44 heavy (non-hydrogen) atoms. The molecule has 2 N–H and O–H groups in total. The lowest BCUT2D eigenvalue weighted by Crippen LogP contribution is -2.59. The zero-order valence-electron chi connectivity index (χ0n) is 26.0. The van der Waals surface area contributed by atoms with E-state index < -0.39 is 11.5 Å². The van der Waals surface area contributed by atoms with Gasteiger partial charge >= 0.3 is 6.03 Å². The van der Waals surface area contributed by atoms with Crippen LogP contribution in [0.4, 0.5) is 4.79 Å². The van der Waals surface area contributed by atoms with E-state index in [1.807, 2.05) is 67.3 Å². The van der Waals surface area contributed by atoms with Crippen molar-refractivity contribution in [2.24, 2.45) is 11.3 Å². The summed E-state index contributed by atoms with van der Waals surface area (Å²) in [4.78, 5) is 45.2. The molecular weight excluding hydrogens is 548 g/mol. The number of piperidine rings is 2. The van der Waals surface area contributed by atoms with E-state index in [1.54, 1.807) is 4.90 Å². The quantitative estimate of drug-likeness (QED) is 0.354. The van der Waals surface area contributed by atoms with Crippen LogP contribution < -0.4 is 10.6 Å². The van der Waals surface area contributed by atoms with Crippen molar-refractivity contribution in [2.75, 3.05) is 32.7 Å². The van der Waals surface area contributed by atoms with E-state index in [1.165, 1.54) is 0 Å². The number of nitrogens with zero attached hydrogens (tertiary/aromatic N) is 2. The molecule has 3 aromatic carbocycles. The summed E-state index contributed by atoms with van der Waals surface area (Å²) in [7, 11) is 0. The molecule has 2 saturated heterocycles. The van der Waals surface area contributed by atoms with Crippen molar-refractivity contribution in [3.63, 3.8) is 0 Å². The number of hydrogen-bond donors (Lipinski definition) is 2. The van der Waals surface area contributed by atoms with Gasteiger partial charge in [0.25, 0.3) is 0 Å². The summed E-state index contributed by atoms with van der Waals surface area (Å²) in [5.74, 6) is 6.38. The highest BCUT2D eigenvalue weighted by atomic mass is 16.2. The third kappa shape index (κ3) is 7.42. The van der Waals surface area contributed by atoms with Crippen LogP contribution in [0.1, 0.15) is 50.7 Å². The fourth-order valence-corrected chi connectivity index (χ4v) is 6.76. The largest absolute Gasteiger partial charge is 0.356 e. The fraction of sp³-hybridized carbons (Fsp3) is 0.432. The molecule has 0 aromatic heterocycles. The lowest BCUT2D eigenvalue weighted by molar-refractivity contribution is -0.142. The predicted molar refractivity (Wildman–Crippen MR) is 175 cm³/mol. The monoisotopic (exact) mass is 592 g/mol. The molecule has 2 atom stereocenters. The SMILES string of the molecule is CC#CC1CCN(C(=O)N[C@H](Cc2ccc3ccccc3c2)C(=O)N2CCC[C@@](Cc3ccccc3)(C(=O)NCC)C2)CC1. The lowest BCUT2D eigenvalue weighted by Gasteiger charge is -2.43. The van der Waals surface area contributed by atoms with Crippen LogP contribution in [0, 0.1) is 23.2 Å². The van der Waals surface area contributed by atoms with Crippen molar-refractivity contribution in [3.8, 4) is 11.8 Å². The number of hydrogen-bond acceptors (Lipinski definition) is 3. The Kier molecular flexibility index (Phi) is 10.2. The number of amides is 4. The first-order valence-electron chi connectivity index (χ1n) is 16.0. The number of carbonyl (C=O) groups is 3. The Balaban J connectivity index is 1.39. The summed E-state index contributed by atoms with van der Waals surface area (Å²) < 4.78 is 0. The smallest absolute Gasteiger partial charge is 0.318 e. The van der Waals surface area contributed by atoms with Gasteiger partial charge < -0.3 is 20.4 Å². The second-order valence-electron chi connectivity index (χ2n) is 12.2. The van der Waals surface area contributed by atoms with E-state index in [0.717, 1.165) is 41.2 Å². The normalized spacial score (nSPS) is 19.5. The summed E-state index contributed by atoms with van der Waals surface area (Å²) in [5, 5.41) is 8.39. The molecule has 3 aromatic rings. The molecule has 0 spiro atoms. The van der Waals surface area contributed by atoms with Crippen LogP contribution in [0.25, 0.3) is 10.8 Å². The van der Waals surface area contributed by atoms with Crippen LogP contribution in [-0.2, 0) is 22.4 Å². The maximum Gasteiger partial charge on any atom is 0.318 e. The van der Waals surface area contributed by atoms with E-state index in [9.17, 15) is 14.4 Å². The minimum absolute atomic E-state index is 0.0190. The molecule has 0 aliphatic carbocycles. The third-order valence-corrected chi connectivity index (χ3v) is 9.07. The van der Waals surface area contributed by atoms with Gasteiger partial charge in [0.15, 0.2) is 0 Å². The average Bonchev–Trinajstić information content (AvgIpc) is 3.05. The van der Waals surface area contributed by atoms with Gasteiger partial charge in [0.2, 0.25) is 11.8 Å². The van der Waals surface area contributed by atoms with Crippen LogP contribution in [-0.4, -0.2) is 66.4 Å². The van der Waals surface area contributed by atoms with Gasteiger partial charge in [-0.25, -0.2) is 4.79 Å². The van der Waals surface area contributed by atoms with Crippen LogP contribution in [0.3, 0.4) is 0 Å². The zero-order valence-corrected chi connectivity index (χ0v) is 26.0. The number of benzene rings is 3. The Morgan fingerprint density at radius 1 is 0.909 bits per heavy atom. The lowest BCUT2D eigenvalue weighted by atomic mass is 9.74. The fourth-order valence-electron chi connectivity index (χ4n) is 6.76. The van der Waals surface area contributed by atoms with Crippen molar-refractivity contribution >= 4 is 28.6 Å². The molecule has 0 bridgehead atoms. The van der Waals surface area contributed by atoms with Gasteiger partial charge in [0.1, 0.15) is 6.04 Å². The number of nitrogens with one attached hydrogen (secondary N) is 2. The number of likely N-dealkylation sites (tertiary alicyclic amines) is 2. The first-order valence-corrected chi connectivity index (χ1v) is 16.0. The highest BCUT2D eigenvalue weighted by Crippen LogP contribution is 2.35. The summed E-state index contributed by atoms with van der Waals surface area (Å²) >= 11 is 0. The van der Waals surface area contributed by atoms with Crippen molar-refractivity contribution in [1.82, 2.24) is 20.4 Å². The first-order chi connectivity index (χ1) is 21.4. The minimum atomic E-state index is -0.751.